The van der Waals surface area contributed by atoms with Crippen molar-refractivity contribution < 1.29 is 4.42 Å². The maximum Gasteiger partial charge on any atom is 0.219 e. The number of halogens is 2. The highest BCUT2D eigenvalue weighted by molar-refractivity contribution is 6.43. The van der Waals surface area contributed by atoms with E-state index < -0.39 is 0 Å². The molecule has 1 aromatic carbocycles. The first-order valence-electron chi connectivity index (χ1n) is 6.31. The molecule has 0 saturated heterocycles. The SMILES string of the molecule is N=c1nc(N)n(Cc2ccoc2)nc1-c1cccc(Cl)c1Cl. The fraction of sp³-hybridized carbons (Fsp3) is 0.0714. The molecule has 3 aromatic rings. The van der Waals surface area contributed by atoms with Crippen molar-refractivity contribution in [3.8, 4) is 11.3 Å². The highest BCUT2D eigenvalue weighted by Gasteiger charge is 2.13. The molecule has 6 nitrogen and oxygen atoms in total. The third-order valence-corrected chi connectivity index (χ3v) is 3.87. The molecule has 0 atom stereocenters. The van der Waals surface area contributed by atoms with Crippen LogP contribution in [-0.4, -0.2) is 14.8 Å². The fourth-order valence-corrected chi connectivity index (χ4v) is 2.37. The Morgan fingerprint density at radius 1 is 1.27 bits per heavy atom. The first-order valence-corrected chi connectivity index (χ1v) is 7.06. The van der Waals surface area contributed by atoms with E-state index in [0.29, 0.717) is 27.8 Å². The minimum atomic E-state index is -0.0647. The van der Waals surface area contributed by atoms with Crippen molar-refractivity contribution in [3.63, 3.8) is 0 Å². The Labute approximate surface area is 135 Å². The van der Waals surface area contributed by atoms with E-state index in [2.05, 4.69) is 10.1 Å². The third-order valence-electron chi connectivity index (χ3n) is 3.05. The van der Waals surface area contributed by atoms with Gasteiger partial charge in [0.25, 0.3) is 0 Å². The molecule has 112 valence electrons. The molecule has 0 saturated carbocycles. The van der Waals surface area contributed by atoms with Crippen molar-refractivity contribution in [1.82, 2.24) is 14.8 Å². The number of hydrogen-bond donors (Lipinski definition) is 2. The summed E-state index contributed by atoms with van der Waals surface area (Å²) in [5.74, 6) is 0.133. The van der Waals surface area contributed by atoms with Crippen molar-refractivity contribution in [1.29, 1.82) is 5.41 Å². The van der Waals surface area contributed by atoms with Gasteiger partial charge in [-0.15, -0.1) is 0 Å². The number of nitrogens with two attached hydrogens (primary N) is 1. The van der Waals surface area contributed by atoms with E-state index in [9.17, 15) is 0 Å². The summed E-state index contributed by atoms with van der Waals surface area (Å²) in [5.41, 5.74) is 7.49. The predicted octanol–water partition coefficient (Wildman–Crippen LogP) is 2.95. The number of benzene rings is 1. The van der Waals surface area contributed by atoms with Gasteiger partial charge in [-0.3, -0.25) is 5.41 Å². The second-order valence-electron chi connectivity index (χ2n) is 4.56. The van der Waals surface area contributed by atoms with Crippen molar-refractivity contribution in [2.24, 2.45) is 0 Å². The topological polar surface area (TPSA) is 93.7 Å². The zero-order valence-corrected chi connectivity index (χ0v) is 12.8. The van der Waals surface area contributed by atoms with Gasteiger partial charge in [-0.2, -0.15) is 10.1 Å². The Kier molecular flexibility index (Phi) is 3.87. The summed E-state index contributed by atoms with van der Waals surface area (Å²) in [7, 11) is 0. The van der Waals surface area contributed by atoms with Gasteiger partial charge in [-0.05, 0) is 12.1 Å². The second-order valence-corrected chi connectivity index (χ2v) is 5.34. The van der Waals surface area contributed by atoms with Crippen molar-refractivity contribution >= 4 is 29.2 Å². The maximum atomic E-state index is 7.98. The number of aromatic nitrogens is 3. The standard InChI is InChI=1S/C14H11Cl2N5O/c15-10-3-1-2-9(11(10)16)12-13(17)19-14(18)21(20-12)6-8-4-5-22-7-8/h1-5,7H,6H2,(H3,17,18,19). The summed E-state index contributed by atoms with van der Waals surface area (Å²) in [6, 6.07) is 6.94. The predicted molar refractivity (Wildman–Crippen MR) is 83.6 cm³/mol. The molecule has 0 fully saturated rings. The van der Waals surface area contributed by atoms with Gasteiger partial charge in [-0.25, -0.2) is 4.68 Å². The van der Waals surface area contributed by atoms with E-state index in [-0.39, 0.29) is 11.4 Å². The van der Waals surface area contributed by atoms with Crippen LogP contribution in [0.3, 0.4) is 0 Å². The number of hydrogen-bond acceptors (Lipinski definition) is 5. The van der Waals surface area contributed by atoms with Gasteiger partial charge in [0, 0.05) is 11.1 Å². The van der Waals surface area contributed by atoms with E-state index in [1.165, 1.54) is 4.68 Å². The summed E-state index contributed by atoms with van der Waals surface area (Å²) in [6.45, 7) is 0.376. The molecule has 2 aromatic heterocycles. The normalized spacial score (nSPS) is 10.8. The van der Waals surface area contributed by atoms with Crippen LogP contribution in [0.15, 0.2) is 41.2 Å². The molecular weight excluding hydrogens is 325 g/mol. The minimum absolute atomic E-state index is 0.0647. The minimum Gasteiger partial charge on any atom is -0.472 e. The van der Waals surface area contributed by atoms with Crippen molar-refractivity contribution in [2.45, 2.75) is 6.54 Å². The van der Waals surface area contributed by atoms with E-state index in [0.717, 1.165) is 5.56 Å². The molecule has 22 heavy (non-hydrogen) atoms. The maximum absolute atomic E-state index is 7.98. The molecule has 0 aliphatic rings. The number of furan rings is 1. The summed E-state index contributed by atoms with van der Waals surface area (Å²) in [4.78, 5) is 4.01. The first-order chi connectivity index (χ1) is 10.6. The first kappa shape index (κ1) is 14.6. The Morgan fingerprint density at radius 2 is 2.09 bits per heavy atom. The van der Waals surface area contributed by atoms with E-state index in [1.54, 1.807) is 36.8 Å². The lowest BCUT2D eigenvalue weighted by atomic mass is 10.1. The second kappa shape index (κ2) is 5.82. The zero-order chi connectivity index (χ0) is 15.7. The molecule has 3 rings (SSSR count). The van der Waals surface area contributed by atoms with Gasteiger partial charge in [-0.1, -0.05) is 35.3 Å². The Morgan fingerprint density at radius 3 is 2.82 bits per heavy atom. The van der Waals surface area contributed by atoms with Gasteiger partial charge < -0.3 is 10.2 Å². The monoisotopic (exact) mass is 335 g/mol. The lowest BCUT2D eigenvalue weighted by Crippen LogP contribution is -2.22. The quantitative estimate of drug-likeness (QED) is 0.769. The molecular formula is C14H11Cl2N5O. The molecule has 8 heteroatoms. The van der Waals surface area contributed by atoms with Crippen LogP contribution < -0.4 is 11.2 Å². The molecule has 0 unspecified atom stereocenters. The zero-order valence-electron chi connectivity index (χ0n) is 11.3. The molecule has 0 radical (unpaired) electrons. The van der Waals surface area contributed by atoms with Crippen molar-refractivity contribution in [2.75, 3.05) is 5.73 Å². The average Bonchev–Trinajstić information content (AvgIpc) is 2.98. The Balaban J connectivity index is 2.12. The number of anilines is 1. The van der Waals surface area contributed by atoms with Gasteiger partial charge in [0.05, 0.1) is 29.1 Å². The number of nitrogen functional groups attached to an aromatic ring is 1. The van der Waals surface area contributed by atoms with Gasteiger partial charge >= 0.3 is 0 Å². The summed E-state index contributed by atoms with van der Waals surface area (Å²) in [5, 5.41) is 13.1. The Bertz CT molecular complexity index is 873. The van der Waals surface area contributed by atoms with E-state index >= 15 is 0 Å². The van der Waals surface area contributed by atoms with Crippen LogP contribution in [0.4, 0.5) is 5.95 Å². The van der Waals surface area contributed by atoms with Crippen LogP contribution in [0.25, 0.3) is 11.3 Å². The van der Waals surface area contributed by atoms with Gasteiger partial charge in [0.15, 0.2) is 5.49 Å². The van der Waals surface area contributed by atoms with Crippen LogP contribution in [0.1, 0.15) is 5.56 Å². The highest BCUT2D eigenvalue weighted by atomic mass is 35.5. The molecule has 0 spiro atoms. The fourth-order valence-electron chi connectivity index (χ4n) is 1.98. The summed E-state index contributed by atoms with van der Waals surface area (Å²) < 4.78 is 6.50. The van der Waals surface area contributed by atoms with Crippen LogP contribution >= 0.6 is 23.2 Å². The summed E-state index contributed by atoms with van der Waals surface area (Å²) in [6.07, 6.45) is 3.15. The lowest BCUT2D eigenvalue weighted by molar-refractivity contribution is 0.558. The van der Waals surface area contributed by atoms with Gasteiger partial charge in [0.2, 0.25) is 5.95 Å². The number of nitrogens with zero attached hydrogens (tertiary/aromatic N) is 3. The van der Waals surface area contributed by atoms with Crippen LogP contribution in [0, 0.1) is 5.41 Å². The summed E-state index contributed by atoms with van der Waals surface area (Å²) >= 11 is 12.2. The van der Waals surface area contributed by atoms with Crippen LogP contribution in [0.2, 0.25) is 10.0 Å². The smallest absolute Gasteiger partial charge is 0.219 e. The lowest BCUT2D eigenvalue weighted by Gasteiger charge is -2.11. The number of rotatable bonds is 3. The third kappa shape index (κ3) is 2.70. The molecule has 0 aliphatic heterocycles. The largest absolute Gasteiger partial charge is 0.472 e. The van der Waals surface area contributed by atoms with Crippen molar-refractivity contribution in [3.05, 3.63) is 57.9 Å². The number of nitrogens with one attached hydrogen (secondary N) is 1. The van der Waals surface area contributed by atoms with E-state index in [4.69, 9.17) is 38.8 Å². The molecule has 2 heterocycles. The van der Waals surface area contributed by atoms with Gasteiger partial charge in [0.1, 0.15) is 5.69 Å². The molecule has 0 amide bonds. The van der Waals surface area contributed by atoms with Crippen LogP contribution in [-0.2, 0) is 6.54 Å². The molecule has 0 aliphatic carbocycles. The van der Waals surface area contributed by atoms with E-state index in [1.807, 2.05) is 0 Å². The molecule has 3 N–H and O–H groups in total. The molecule has 0 bridgehead atoms. The highest BCUT2D eigenvalue weighted by Crippen LogP contribution is 2.30. The Hall–Kier alpha value is -2.31. The van der Waals surface area contributed by atoms with Crippen LogP contribution in [0.5, 0.6) is 0 Å². The average molecular weight is 336 g/mol.